The monoisotopic (exact) mass is 327 g/mol. The third kappa shape index (κ3) is 2.37. The molecule has 14 heavy (non-hydrogen) atoms. The largest absolute Gasteiger partial charge is 0.497 e. The number of nitrogens with one attached hydrogen (secondary N) is 1. The Bertz CT molecular complexity index is 430. The van der Waals surface area contributed by atoms with Gasteiger partial charge in [0.25, 0.3) is 0 Å². The van der Waals surface area contributed by atoms with Gasteiger partial charge in [-0.2, -0.15) is 0 Å². The second-order valence-corrected chi connectivity index (χ2v) is 5.52. The Morgan fingerprint density at radius 1 is 1.43 bits per heavy atom. The molecule has 1 N–H and O–H groups in total. The van der Waals surface area contributed by atoms with Crippen LogP contribution in [0.2, 0.25) is 0 Å². The molecule has 6 heteroatoms. The van der Waals surface area contributed by atoms with Crippen LogP contribution in [-0.2, 0) is 10.0 Å². The topological polar surface area (TPSA) is 55.4 Å². The first kappa shape index (κ1) is 11.7. The maximum absolute atomic E-state index is 11.5. The second kappa shape index (κ2) is 4.45. The van der Waals surface area contributed by atoms with E-state index in [-0.39, 0.29) is 4.90 Å². The van der Waals surface area contributed by atoms with Gasteiger partial charge in [-0.3, -0.25) is 0 Å². The second-order valence-electron chi connectivity index (χ2n) is 2.50. The van der Waals surface area contributed by atoms with E-state index in [1.165, 1.54) is 20.2 Å². The van der Waals surface area contributed by atoms with Crippen LogP contribution < -0.4 is 9.46 Å². The molecule has 0 aliphatic carbocycles. The SMILES string of the molecule is CNS(=O)(=O)c1ccc(OC)cc1I. The lowest BCUT2D eigenvalue weighted by Gasteiger charge is -2.06. The van der Waals surface area contributed by atoms with Crippen molar-refractivity contribution in [3.63, 3.8) is 0 Å². The van der Waals surface area contributed by atoms with Crippen molar-refractivity contribution in [1.82, 2.24) is 4.72 Å². The van der Waals surface area contributed by atoms with Crippen LogP contribution in [-0.4, -0.2) is 22.6 Å². The Balaban J connectivity index is 3.26. The minimum Gasteiger partial charge on any atom is -0.497 e. The number of sulfonamides is 1. The maximum atomic E-state index is 11.5. The zero-order chi connectivity index (χ0) is 10.8. The van der Waals surface area contributed by atoms with E-state index in [9.17, 15) is 8.42 Å². The van der Waals surface area contributed by atoms with Gasteiger partial charge < -0.3 is 4.74 Å². The van der Waals surface area contributed by atoms with E-state index in [2.05, 4.69) is 4.72 Å². The maximum Gasteiger partial charge on any atom is 0.241 e. The fourth-order valence-corrected chi connectivity index (χ4v) is 3.08. The number of methoxy groups -OCH3 is 1. The van der Waals surface area contributed by atoms with Crippen LogP contribution in [0.4, 0.5) is 0 Å². The van der Waals surface area contributed by atoms with Crippen molar-refractivity contribution in [2.24, 2.45) is 0 Å². The van der Waals surface area contributed by atoms with Crippen molar-refractivity contribution in [1.29, 1.82) is 0 Å². The smallest absolute Gasteiger partial charge is 0.241 e. The molecule has 0 amide bonds. The van der Waals surface area contributed by atoms with Gasteiger partial charge in [0.05, 0.1) is 12.0 Å². The lowest BCUT2D eigenvalue weighted by molar-refractivity contribution is 0.414. The van der Waals surface area contributed by atoms with Crippen molar-refractivity contribution in [3.05, 3.63) is 21.8 Å². The summed E-state index contributed by atoms with van der Waals surface area (Å²) in [4.78, 5) is 0.265. The zero-order valence-electron chi connectivity index (χ0n) is 7.74. The van der Waals surface area contributed by atoms with Gasteiger partial charge >= 0.3 is 0 Å². The van der Waals surface area contributed by atoms with E-state index < -0.39 is 10.0 Å². The highest BCUT2D eigenvalue weighted by Crippen LogP contribution is 2.22. The van der Waals surface area contributed by atoms with E-state index in [4.69, 9.17) is 4.74 Å². The van der Waals surface area contributed by atoms with Crippen LogP contribution in [0.25, 0.3) is 0 Å². The van der Waals surface area contributed by atoms with Gasteiger partial charge in [0.15, 0.2) is 0 Å². The third-order valence-electron chi connectivity index (χ3n) is 1.70. The van der Waals surface area contributed by atoms with E-state index in [0.29, 0.717) is 9.32 Å². The first-order valence-corrected chi connectivity index (χ1v) is 6.34. The molecular formula is C8H10INO3S. The average molecular weight is 327 g/mol. The molecule has 0 saturated heterocycles. The Labute approximate surface area is 96.8 Å². The molecule has 0 bridgehead atoms. The van der Waals surface area contributed by atoms with Crippen LogP contribution in [0, 0.1) is 3.57 Å². The van der Waals surface area contributed by atoms with Crippen LogP contribution in [0.1, 0.15) is 0 Å². The fraction of sp³-hybridized carbons (Fsp3) is 0.250. The highest BCUT2D eigenvalue weighted by atomic mass is 127. The van der Waals surface area contributed by atoms with Gasteiger partial charge in [-0.25, -0.2) is 13.1 Å². The minimum absolute atomic E-state index is 0.265. The van der Waals surface area contributed by atoms with Crippen molar-refractivity contribution in [3.8, 4) is 5.75 Å². The van der Waals surface area contributed by atoms with Crippen molar-refractivity contribution >= 4 is 32.6 Å². The molecule has 0 aromatic heterocycles. The molecule has 1 rings (SSSR count). The van der Waals surface area contributed by atoms with Gasteiger partial charge in [0.2, 0.25) is 10.0 Å². The number of hydrogen-bond donors (Lipinski definition) is 1. The first-order valence-electron chi connectivity index (χ1n) is 3.78. The van der Waals surface area contributed by atoms with E-state index in [0.717, 1.165) is 0 Å². The quantitative estimate of drug-likeness (QED) is 0.849. The van der Waals surface area contributed by atoms with E-state index in [1.807, 2.05) is 22.6 Å². The minimum atomic E-state index is -3.37. The Kier molecular flexibility index (Phi) is 3.73. The summed E-state index contributed by atoms with van der Waals surface area (Å²) in [6, 6.07) is 4.81. The molecule has 0 fully saturated rings. The summed E-state index contributed by atoms with van der Waals surface area (Å²) in [5, 5.41) is 0. The Hall–Kier alpha value is -0.340. The highest BCUT2D eigenvalue weighted by Gasteiger charge is 2.15. The summed E-state index contributed by atoms with van der Waals surface area (Å²) in [5.74, 6) is 0.643. The van der Waals surface area contributed by atoms with Gasteiger partial charge in [-0.1, -0.05) is 0 Å². The van der Waals surface area contributed by atoms with Crippen LogP contribution in [0.5, 0.6) is 5.75 Å². The van der Waals surface area contributed by atoms with E-state index in [1.54, 1.807) is 12.1 Å². The molecule has 0 aliphatic heterocycles. The summed E-state index contributed by atoms with van der Waals surface area (Å²) in [7, 11) is -0.443. The highest BCUT2D eigenvalue weighted by molar-refractivity contribution is 14.1. The van der Waals surface area contributed by atoms with Crippen LogP contribution in [0.15, 0.2) is 23.1 Å². The van der Waals surface area contributed by atoms with Crippen LogP contribution in [0.3, 0.4) is 0 Å². The molecule has 0 spiro atoms. The number of ether oxygens (including phenoxy) is 1. The summed E-state index contributed by atoms with van der Waals surface area (Å²) in [5.41, 5.74) is 0. The van der Waals surface area contributed by atoms with Crippen molar-refractivity contribution in [2.45, 2.75) is 4.90 Å². The Morgan fingerprint density at radius 2 is 2.07 bits per heavy atom. The number of halogens is 1. The Morgan fingerprint density at radius 3 is 2.50 bits per heavy atom. The summed E-state index contributed by atoms with van der Waals surface area (Å²) in [6.07, 6.45) is 0. The number of benzene rings is 1. The molecule has 0 saturated carbocycles. The van der Waals surface area contributed by atoms with Gasteiger partial charge in [0.1, 0.15) is 5.75 Å². The van der Waals surface area contributed by atoms with Gasteiger partial charge in [-0.15, -0.1) is 0 Å². The summed E-state index contributed by atoms with van der Waals surface area (Å²) in [6.45, 7) is 0. The first-order chi connectivity index (χ1) is 6.51. The molecule has 1 aromatic carbocycles. The lowest BCUT2D eigenvalue weighted by Crippen LogP contribution is -2.19. The molecule has 78 valence electrons. The van der Waals surface area contributed by atoms with Crippen molar-refractivity contribution < 1.29 is 13.2 Å². The third-order valence-corrected chi connectivity index (χ3v) is 4.43. The number of hydrogen-bond acceptors (Lipinski definition) is 3. The molecular weight excluding hydrogens is 317 g/mol. The zero-order valence-corrected chi connectivity index (χ0v) is 10.7. The van der Waals surface area contributed by atoms with Gasteiger partial charge in [-0.05, 0) is 47.8 Å². The molecule has 0 aliphatic rings. The predicted molar refractivity (Wildman–Crippen MR) is 62.0 cm³/mol. The molecule has 0 radical (unpaired) electrons. The normalized spacial score (nSPS) is 11.4. The fourth-order valence-electron chi connectivity index (χ4n) is 0.936. The summed E-state index contributed by atoms with van der Waals surface area (Å²) < 4.78 is 30.8. The molecule has 0 atom stereocenters. The van der Waals surface area contributed by atoms with Gasteiger partial charge in [0, 0.05) is 3.57 Å². The van der Waals surface area contributed by atoms with E-state index >= 15 is 0 Å². The predicted octanol–water partition coefficient (Wildman–Crippen LogP) is 1.21. The molecule has 4 nitrogen and oxygen atoms in total. The summed E-state index contributed by atoms with van der Waals surface area (Å²) >= 11 is 1.96. The molecule has 1 aromatic rings. The molecule has 0 heterocycles. The number of rotatable bonds is 3. The standard InChI is InChI=1S/C8H10INO3S/c1-10-14(11,12)8-4-3-6(13-2)5-7(8)9/h3-5,10H,1-2H3. The van der Waals surface area contributed by atoms with Crippen LogP contribution >= 0.6 is 22.6 Å². The average Bonchev–Trinajstić information content (AvgIpc) is 2.17. The lowest BCUT2D eigenvalue weighted by atomic mass is 10.3. The molecule has 0 unspecified atom stereocenters. The van der Waals surface area contributed by atoms with Crippen molar-refractivity contribution in [2.75, 3.05) is 14.2 Å².